The fraction of sp³-hybridized carbons (Fsp3) is 0. The van der Waals surface area contributed by atoms with Crippen LogP contribution >= 0.6 is 0 Å². The zero-order chi connectivity index (χ0) is 9.24. The van der Waals surface area contributed by atoms with Crippen molar-refractivity contribution in [1.29, 1.82) is 0 Å². The lowest BCUT2D eigenvalue weighted by molar-refractivity contribution is 0.475. The van der Waals surface area contributed by atoms with E-state index in [0.29, 0.717) is 0 Å². The first-order chi connectivity index (χ1) is 5.41. The molecule has 10 heteroatoms. The maximum Gasteiger partial charge on any atom is 0.432 e. The van der Waals surface area contributed by atoms with Gasteiger partial charge in [0.2, 0.25) is 12.8 Å². The molecule has 1 aliphatic heterocycles. The molecule has 0 aromatic rings. The second kappa shape index (κ2) is 2.71. The predicted molar refractivity (Wildman–Crippen MR) is 37.0 cm³/mol. The first-order valence-corrected chi connectivity index (χ1v) is 5.08. The molecule has 12 heavy (non-hydrogen) atoms. The van der Waals surface area contributed by atoms with Gasteiger partial charge in [-0.1, -0.05) is 8.80 Å². The summed E-state index contributed by atoms with van der Waals surface area (Å²) in [5.41, 5.74) is 0. The molecule has 8 nitrogen and oxygen atoms in total. The summed E-state index contributed by atoms with van der Waals surface area (Å²) >= 11 is 0. The molecule has 68 valence electrons. The van der Waals surface area contributed by atoms with E-state index < -0.39 is 20.6 Å². The number of rotatable bonds is 0. The third kappa shape index (κ3) is 2.47. The molecule has 0 fully saturated rings. The fourth-order valence-corrected chi connectivity index (χ4v) is 1.11. The van der Waals surface area contributed by atoms with Crippen LogP contribution in [0.2, 0.25) is 0 Å². The van der Waals surface area contributed by atoms with Crippen molar-refractivity contribution in [2.45, 2.75) is 0 Å². The first-order valence-electron chi connectivity index (χ1n) is 2.35. The molecule has 0 bridgehead atoms. The molecule has 1 aliphatic rings. The second-order valence-electron chi connectivity index (χ2n) is 1.47. The topological polar surface area (TPSA) is 111 Å². The van der Waals surface area contributed by atoms with Crippen molar-refractivity contribution in [3.8, 4) is 0 Å². The lowest BCUT2D eigenvalue weighted by atomic mass is 11.6. The van der Waals surface area contributed by atoms with E-state index >= 15 is 0 Å². The molecule has 0 saturated heterocycles. The van der Waals surface area contributed by atoms with Gasteiger partial charge in [-0.2, -0.15) is 16.8 Å². The molecule has 0 aromatic carbocycles. The number of nitrogens with zero attached hydrogens (tertiary/aromatic N) is 2. The Hall–Kier alpha value is -1.16. The van der Waals surface area contributed by atoms with Crippen molar-refractivity contribution in [2.75, 3.05) is 0 Å². The van der Waals surface area contributed by atoms with Crippen LogP contribution < -0.4 is 0 Å². The maximum absolute atomic E-state index is 10.4. The SMILES string of the molecule is O=S1(=O)/N=C\OS(=O)(=O)/N=C\O1. The van der Waals surface area contributed by atoms with E-state index in [1.165, 1.54) is 0 Å². The molecule has 1 rings (SSSR count). The van der Waals surface area contributed by atoms with Gasteiger partial charge in [0.15, 0.2) is 0 Å². The molecule has 0 radical (unpaired) electrons. The third-order valence-electron chi connectivity index (χ3n) is 0.674. The second-order valence-corrected chi connectivity index (χ2v) is 3.99. The summed E-state index contributed by atoms with van der Waals surface area (Å²) in [6, 6.07) is 0. The van der Waals surface area contributed by atoms with Crippen LogP contribution in [0.25, 0.3) is 0 Å². The van der Waals surface area contributed by atoms with Gasteiger partial charge in [-0.3, -0.25) is 0 Å². The van der Waals surface area contributed by atoms with Crippen LogP contribution in [-0.2, 0) is 29.0 Å². The Kier molecular flexibility index (Phi) is 2.02. The Morgan fingerprint density at radius 1 is 0.833 bits per heavy atom. The van der Waals surface area contributed by atoms with E-state index in [-0.39, 0.29) is 12.8 Å². The minimum atomic E-state index is -4.16. The number of hydrogen-bond donors (Lipinski definition) is 0. The summed E-state index contributed by atoms with van der Waals surface area (Å²) in [5.74, 6) is 0. The molecule has 0 unspecified atom stereocenters. The zero-order valence-corrected chi connectivity index (χ0v) is 6.95. The van der Waals surface area contributed by atoms with Crippen LogP contribution in [0.4, 0.5) is 0 Å². The minimum Gasteiger partial charge on any atom is -0.352 e. The average molecular weight is 214 g/mol. The molecule has 1 heterocycles. The van der Waals surface area contributed by atoms with E-state index in [0.717, 1.165) is 0 Å². The third-order valence-corrected chi connectivity index (χ3v) is 2.02. The summed E-state index contributed by atoms with van der Waals surface area (Å²) in [6.07, 6.45) is 0.419. The van der Waals surface area contributed by atoms with E-state index in [9.17, 15) is 16.8 Å². The normalized spacial score (nSPS) is 30.0. The Balaban J connectivity index is 3.03. The molecule has 0 amide bonds. The van der Waals surface area contributed by atoms with Crippen molar-refractivity contribution in [2.24, 2.45) is 8.80 Å². The first kappa shape index (κ1) is 8.93. The lowest BCUT2D eigenvalue weighted by Gasteiger charge is -1.99. The van der Waals surface area contributed by atoms with Gasteiger partial charge in [0, 0.05) is 0 Å². The quantitative estimate of drug-likeness (QED) is 0.489. The van der Waals surface area contributed by atoms with Gasteiger partial charge in [0.25, 0.3) is 0 Å². The van der Waals surface area contributed by atoms with E-state index in [1.54, 1.807) is 0 Å². The van der Waals surface area contributed by atoms with Crippen LogP contribution in [0.15, 0.2) is 8.80 Å². The summed E-state index contributed by atoms with van der Waals surface area (Å²) in [6.45, 7) is 0. The standard InChI is InChI=1S/C2H2N2O6S2/c5-11(6)3-1-9-12(7,8)4-2-10-11/h1-2H/b3-1-,4-2-. The minimum absolute atomic E-state index is 0.209. The Bertz CT molecular complexity index is 372. The summed E-state index contributed by atoms with van der Waals surface area (Å²) < 4.78 is 54.7. The highest BCUT2D eigenvalue weighted by molar-refractivity contribution is 7.87. The molecular weight excluding hydrogens is 212 g/mol. The van der Waals surface area contributed by atoms with Crippen LogP contribution in [0.3, 0.4) is 0 Å². The highest BCUT2D eigenvalue weighted by Crippen LogP contribution is 1.99. The molecule has 0 N–H and O–H groups in total. The van der Waals surface area contributed by atoms with Crippen molar-refractivity contribution >= 4 is 33.4 Å². The molecule has 0 aliphatic carbocycles. The Morgan fingerprint density at radius 3 is 1.50 bits per heavy atom. The van der Waals surface area contributed by atoms with Gasteiger partial charge >= 0.3 is 20.6 Å². The van der Waals surface area contributed by atoms with Gasteiger partial charge in [0.05, 0.1) is 0 Å². The van der Waals surface area contributed by atoms with Gasteiger partial charge in [-0.15, -0.1) is 0 Å². The summed E-state index contributed by atoms with van der Waals surface area (Å²) in [7, 11) is -8.32. The van der Waals surface area contributed by atoms with Crippen LogP contribution in [-0.4, -0.2) is 29.6 Å². The summed E-state index contributed by atoms with van der Waals surface area (Å²) in [5, 5.41) is 0. The maximum atomic E-state index is 10.4. The number of hydrogen-bond acceptors (Lipinski definition) is 6. The van der Waals surface area contributed by atoms with Crippen LogP contribution in [0, 0.1) is 0 Å². The zero-order valence-electron chi connectivity index (χ0n) is 5.32. The molecule has 0 saturated carbocycles. The highest BCUT2D eigenvalue weighted by Gasteiger charge is 2.13. The lowest BCUT2D eigenvalue weighted by Crippen LogP contribution is -2.09. The van der Waals surface area contributed by atoms with Gasteiger partial charge in [-0.25, -0.2) is 0 Å². The van der Waals surface area contributed by atoms with E-state index in [4.69, 9.17) is 0 Å². The molecule has 0 aromatic heterocycles. The molecule has 0 spiro atoms. The Labute approximate surface area is 68.1 Å². The molecular formula is C2H2N2O6S2. The van der Waals surface area contributed by atoms with E-state index in [2.05, 4.69) is 17.2 Å². The Morgan fingerprint density at radius 2 is 1.17 bits per heavy atom. The van der Waals surface area contributed by atoms with Crippen molar-refractivity contribution in [3.05, 3.63) is 0 Å². The fourth-order valence-electron chi connectivity index (χ4n) is 0.299. The highest BCUT2D eigenvalue weighted by atomic mass is 32.2. The van der Waals surface area contributed by atoms with Gasteiger partial charge in [-0.05, 0) is 0 Å². The van der Waals surface area contributed by atoms with Gasteiger partial charge in [0.1, 0.15) is 0 Å². The predicted octanol–water partition coefficient (Wildman–Crippen LogP) is -1.42. The monoisotopic (exact) mass is 214 g/mol. The average Bonchev–Trinajstić information content (AvgIpc) is 1.82. The van der Waals surface area contributed by atoms with Crippen molar-refractivity contribution in [1.82, 2.24) is 0 Å². The molecule has 0 atom stereocenters. The van der Waals surface area contributed by atoms with Gasteiger partial charge < -0.3 is 8.37 Å². The largest absolute Gasteiger partial charge is 0.432 e. The van der Waals surface area contributed by atoms with Crippen LogP contribution in [0.5, 0.6) is 0 Å². The summed E-state index contributed by atoms with van der Waals surface area (Å²) in [4.78, 5) is 0. The van der Waals surface area contributed by atoms with Crippen molar-refractivity contribution < 1.29 is 25.2 Å². The smallest absolute Gasteiger partial charge is 0.352 e. The van der Waals surface area contributed by atoms with Crippen LogP contribution in [0.1, 0.15) is 0 Å². The van der Waals surface area contributed by atoms with Crippen molar-refractivity contribution in [3.63, 3.8) is 0 Å². The van der Waals surface area contributed by atoms with E-state index in [1.807, 2.05) is 0 Å².